The van der Waals surface area contributed by atoms with Crippen molar-refractivity contribution in [2.75, 3.05) is 18.4 Å². The molecule has 0 radical (unpaired) electrons. The number of rotatable bonds is 5. The molecule has 18 heavy (non-hydrogen) atoms. The average Bonchev–Trinajstić information content (AvgIpc) is 2.78. The van der Waals surface area contributed by atoms with Gasteiger partial charge in [0.1, 0.15) is 0 Å². The molecule has 0 aromatic heterocycles. The first-order valence-electron chi connectivity index (χ1n) is 6.47. The third-order valence-corrected chi connectivity index (χ3v) is 3.25. The van der Waals surface area contributed by atoms with Crippen LogP contribution in [0.1, 0.15) is 31.2 Å². The van der Waals surface area contributed by atoms with E-state index < -0.39 is 0 Å². The third kappa shape index (κ3) is 3.01. The van der Waals surface area contributed by atoms with E-state index in [9.17, 15) is 4.79 Å². The highest BCUT2D eigenvalue weighted by molar-refractivity contribution is 5.88. The van der Waals surface area contributed by atoms with Gasteiger partial charge < -0.3 is 15.7 Å². The van der Waals surface area contributed by atoms with Crippen molar-refractivity contribution in [1.29, 1.82) is 0 Å². The second-order valence-electron chi connectivity index (χ2n) is 4.80. The monoisotopic (exact) mass is 248 g/mol. The van der Waals surface area contributed by atoms with E-state index in [-0.39, 0.29) is 17.9 Å². The van der Waals surface area contributed by atoms with Gasteiger partial charge in [0.05, 0.1) is 12.0 Å². The van der Waals surface area contributed by atoms with Gasteiger partial charge in [-0.2, -0.15) is 0 Å². The van der Waals surface area contributed by atoms with Gasteiger partial charge in [0.2, 0.25) is 5.91 Å². The van der Waals surface area contributed by atoms with Crippen LogP contribution in [0.2, 0.25) is 0 Å². The van der Waals surface area contributed by atoms with E-state index in [0.717, 1.165) is 24.1 Å². The smallest absolute Gasteiger partial charge is 0.229 e. The van der Waals surface area contributed by atoms with Crippen molar-refractivity contribution in [3.63, 3.8) is 0 Å². The number of hydrogen-bond acceptors (Lipinski definition) is 3. The normalized spacial score (nSPS) is 18.9. The van der Waals surface area contributed by atoms with Crippen molar-refractivity contribution in [3.05, 3.63) is 29.8 Å². The summed E-state index contributed by atoms with van der Waals surface area (Å²) >= 11 is 0. The number of aliphatic hydroxyl groups is 1. The summed E-state index contributed by atoms with van der Waals surface area (Å²) in [5.41, 5.74) is 2.13. The van der Waals surface area contributed by atoms with Gasteiger partial charge in [-0.25, -0.2) is 0 Å². The van der Waals surface area contributed by atoms with Crippen LogP contribution in [0.15, 0.2) is 24.3 Å². The minimum absolute atomic E-state index is 0.0676. The van der Waals surface area contributed by atoms with E-state index in [1.807, 2.05) is 24.3 Å². The Labute approximate surface area is 107 Å². The van der Waals surface area contributed by atoms with Gasteiger partial charge in [0, 0.05) is 18.8 Å². The van der Waals surface area contributed by atoms with Crippen molar-refractivity contribution < 1.29 is 9.90 Å². The van der Waals surface area contributed by atoms with Gasteiger partial charge in [-0.15, -0.1) is 0 Å². The molecule has 1 amide bonds. The fourth-order valence-electron chi connectivity index (χ4n) is 2.25. The van der Waals surface area contributed by atoms with Crippen molar-refractivity contribution in [1.82, 2.24) is 5.32 Å². The van der Waals surface area contributed by atoms with Gasteiger partial charge in [0.15, 0.2) is 0 Å². The molecule has 1 aromatic rings. The lowest BCUT2D eigenvalue weighted by Gasteiger charge is -2.11. The second kappa shape index (κ2) is 5.87. The molecule has 0 spiro atoms. The maximum Gasteiger partial charge on any atom is 0.229 e. The zero-order valence-electron chi connectivity index (χ0n) is 10.6. The Kier molecular flexibility index (Phi) is 4.20. The number of benzene rings is 1. The molecular weight excluding hydrogens is 228 g/mol. The molecule has 0 aliphatic carbocycles. The first kappa shape index (κ1) is 12.9. The van der Waals surface area contributed by atoms with E-state index in [2.05, 4.69) is 10.6 Å². The number of hydrogen-bond donors (Lipinski definition) is 3. The Hall–Kier alpha value is -1.55. The first-order chi connectivity index (χ1) is 8.68. The number of para-hydroxylation sites is 1. The zero-order chi connectivity index (χ0) is 13.0. The van der Waals surface area contributed by atoms with Crippen molar-refractivity contribution in [2.45, 2.75) is 31.8 Å². The fourth-order valence-corrected chi connectivity index (χ4v) is 2.25. The predicted molar refractivity (Wildman–Crippen MR) is 71.6 cm³/mol. The van der Waals surface area contributed by atoms with Gasteiger partial charge in [-0.1, -0.05) is 18.2 Å². The molecule has 2 rings (SSSR count). The first-order valence-corrected chi connectivity index (χ1v) is 6.47. The fraction of sp³-hybridized carbons (Fsp3) is 0.500. The summed E-state index contributed by atoms with van der Waals surface area (Å²) in [7, 11) is 0. The van der Waals surface area contributed by atoms with Crippen molar-refractivity contribution >= 4 is 11.6 Å². The number of nitrogens with one attached hydrogen (secondary N) is 2. The van der Waals surface area contributed by atoms with E-state index in [1.54, 1.807) is 6.92 Å². The van der Waals surface area contributed by atoms with Crippen LogP contribution in [-0.2, 0) is 4.79 Å². The number of aliphatic hydroxyl groups excluding tert-OH is 1. The Morgan fingerprint density at radius 3 is 3.11 bits per heavy atom. The highest BCUT2D eigenvalue weighted by Crippen LogP contribution is 2.30. The Morgan fingerprint density at radius 1 is 1.56 bits per heavy atom. The minimum atomic E-state index is -0.296. The Bertz CT molecular complexity index is 418. The van der Waals surface area contributed by atoms with E-state index in [0.29, 0.717) is 13.1 Å². The number of fused-ring (bicyclic) bond motifs is 1. The lowest BCUT2D eigenvalue weighted by atomic mass is 10.0. The zero-order valence-corrected chi connectivity index (χ0v) is 10.6. The van der Waals surface area contributed by atoms with Crippen LogP contribution in [0.5, 0.6) is 0 Å². The molecule has 1 aromatic carbocycles. The average molecular weight is 248 g/mol. The summed E-state index contributed by atoms with van der Waals surface area (Å²) in [6.45, 7) is 3.06. The molecule has 0 saturated carbocycles. The number of anilines is 1. The largest absolute Gasteiger partial charge is 0.393 e. The number of amides is 1. The predicted octanol–water partition coefficient (Wildman–Crippen LogP) is 1.47. The molecule has 4 heteroatoms. The van der Waals surface area contributed by atoms with E-state index >= 15 is 0 Å². The highest BCUT2D eigenvalue weighted by atomic mass is 16.3. The quantitative estimate of drug-likeness (QED) is 0.692. The molecule has 1 aliphatic rings. The second-order valence-corrected chi connectivity index (χ2v) is 4.80. The summed E-state index contributed by atoms with van der Waals surface area (Å²) in [5, 5.41) is 15.3. The summed E-state index contributed by atoms with van der Waals surface area (Å²) in [6.07, 6.45) is 1.24. The van der Waals surface area contributed by atoms with Crippen LogP contribution in [-0.4, -0.2) is 30.2 Å². The lowest BCUT2D eigenvalue weighted by molar-refractivity contribution is -0.122. The molecule has 0 saturated heterocycles. The van der Waals surface area contributed by atoms with E-state index in [1.165, 1.54) is 0 Å². The molecule has 0 bridgehead atoms. The van der Waals surface area contributed by atoms with Gasteiger partial charge in [-0.05, 0) is 31.4 Å². The molecule has 3 N–H and O–H groups in total. The van der Waals surface area contributed by atoms with Crippen LogP contribution in [0, 0.1) is 0 Å². The van der Waals surface area contributed by atoms with Crippen LogP contribution in [0.4, 0.5) is 5.69 Å². The maximum atomic E-state index is 12.0. The van der Waals surface area contributed by atoms with Gasteiger partial charge in [-0.3, -0.25) is 4.79 Å². The number of carbonyl (C=O) groups is 1. The minimum Gasteiger partial charge on any atom is -0.393 e. The highest BCUT2D eigenvalue weighted by Gasteiger charge is 2.27. The van der Waals surface area contributed by atoms with Gasteiger partial charge >= 0.3 is 0 Å². The SMILES string of the molecule is CC(O)CCCNC(=O)C1CNc2ccccc21. The Balaban J connectivity index is 1.84. The van der Waals surface area contributed by atoms with Crippen LogP contribution < -0.4 is 10.6 Å². The lowest BCUT2D eigenvalue weighted by Crippen LogP contribution is -2.31. The van der Waals surface area contributed by atoms with Crippen molar-refractivity contribution in [2.24, 2.45) is 0 Å². The van der Waals surface area contributed by atoms with Crippen LogP contribution in [0.25, 0.3) is 0 Å². The summed E-state index contributed by atoms with van der Waals surface area (Å²) in [6, 6.07) is 7.92. The molecule has 1 heterocycles. The summed E-state index contributed by atoms with van der Waals surface area (Å²) < 4.78 is 0. The topological polar surface area (TPSA) is 61.4 Å². The number of carbonyl (C=O) groups excluding carboxylic acids is 1. The molecule has 1 aliphatic heterocycles. The summed E-state index contributed by atoms with van der Waals surface area (Å²) in [5.74, 6) is -0.0224. The molecule has 98 valence electrons. The van der Waals surface area contributed by atoms with Crippen LogP contribution >= 0.6 is 0 Å². The molecule has 2 atom stereocenters. The molecule has 4 nitrogen and oxygen atoms in total. The van der Waals surface area contributed by atoms with Gasteiger partial charge in [0.25, 0.3) is 0 Å². The molecular formula is C14H20N2O2. The van der Waals surface area contributed by atoms with Crippen molar-refractivity contribution in [3.8, 4) is 0 Å². The van der Waals surface area contributed by atoms with E-state index in [4.69, 9.17) is 5.11 Å². The molecule has 0 fully saturated rings. The standard InChI is InChI=1S/C14H20N2O2/c1-10(17)5-4-8-15-14(18)12-9-16-13-7-3-2-6-11(12)13/h2-3,6-7,10,12,16-17H,4-5,8-9H2,1H3,(H,15,18). The third-order valence-electron chi connectivity index (χ3n) is 3.25. The van der Waals surface area contributed by atoms with Crippen LogP contribution in [0.3, 0.4) is 0 Å². The molecule has 2 unspecified atom stereocenters. The maximum absolute atomic E-state index is 12.0. The summed E-state index contributed by atoms with van der Waals surface area (Å²) in [4.78, 5) is 12.0. The Morgan fingerprint density at radius 2 is 2.33 bits per heavy atom.